The monoisotopic (exact) mass is 405 g/mol. The van der Waals surface area contributed by atoms with Crippen molar-refractivity contribution in [2.45, 2.75) is 57.1 Å². The fourth-order valence-electron chi connectivity index (χ4n) is 4.91. The second kappa shape index (κ2) is 8.48. The van der Waals surface area contributed by atoms with Crippen LogP contribution in [0.5, 0.6) is 0 Å². The van der Waals surface area contributed by atoms with Crippen LogP contribution in [0.15, 0.2) is 58.7 Å². The molecule has 158 valence electrons. The molecule has 0 bridgehead atoms. The molecule has 2 aliphatic carbocycles. The highest BCUT2D eigenvalue weighted by Gasteiger charge is 2.54. The smallest absolute Gasteiger partial charge is 0.226 e. The minimum absolute atomic E-state index is 0.0320. The molecule has 2 heterocycles. The van der Waals surface area contributed by atoms with Gasteiger partial charge in [-0.05, 0) is 63.3 Å². The van der Waals surface area contributed by atoms with Gasteiger partial charge in [-0.25, -0.2) is 0 Å². The molecule has 0 radical (unpaired) electrons. The number of hydrogen-bond acceptors (Lipinski definition) is 5. The van der Waals surface area contributed by atoms with Gasteiger partial charge in [-0.2, -0.15) is 4.98 Å². The van der Waals surface area contributed by atoms with Gasteiger partial charge in [0, 0.05) is 18.4 Å². The molecule has 5 rings (SSSR count). The first-order valence-corrected chi connectivity index (χ1v) is 11.3. The molecule has 0 spiro atoms. The Morgan fingerprint density at radius 1 is 1.27 bits per heavy atom. The zero-order valence-electron chi connectivity index (χ0n) is 17.8. The van der Waals surface area contributed by atoms with E-state index in [0.717, 1.165) is 50.6 Å². The first kappa shape index (κ1) is 19.7. The van der Waals surface area contributed by atoms with Gasteiger partial charge in [-0.1, -0.05) is 53.7 Å². The largest absolute Gasteiger partial charge is 0.369 e. The van der Waals surface area contributed by atoms with Gasteiger partial charge in [-0.3, -0.25) is 4.90 Å². The lowest BCUT2D eigenvalue weighted by Crippen LogP contribution is -2.36. The maximum absolute atomic E-state index is 6.51. The molecule has 1 saturated heterocycles. The van der Waals surface area contributed by atoms with Crippen molar-refractivity contribution in [3.63, 3.8) is 0 Å². The Bertz CT molecular complexity index is 919. The van der Waals surface area contributed by atoms with Crippen molar-refractivity contribution >= 4 is 0 Å². The number of allylic oxidation sites excluding steroid dienone is 2. The molecule has 5 nitrogen and oxygen atoms in total. The molecule has 2 aromatic rings. The fraction of sp³-hybridized carbons (Fsp3) is 0.520. The molecule has 1 aliphatic heterocycles. The molecule has 1 aromatic carbocycles. The van der Waals surface area contributed by atoms with Crippen LogP contribution in [0.1, 0.15) is 43.0 Å². The fourth-order valence-corrected chi connectivity index (χ4v) is 4.91. The lowest BCUT2D eigenvalue weighted by atomic mass is 9.98. The number of ether oxygens (including phenoxy) is 1. The van der Waals surface area contributed by atoms with Crippen LogP contribution in [0.3, 0.4) is 0 Å². The lowest BCUT2D eigenvalue weighted by Gasteiger charge is -2.27. The number of aryl methyl sites for hydroxylation is 2. The molecule has 30 heavy (non-hydrogen) atoms. The standard InChI is InChI=1S/C25H31N3O2/c1-19-26-24(30-27-19)10-6-14-28-13-5-9-23(28)18-29-25-12-11-21(16-22(25)17-25)15-20-7-3-2-4-8-20/h2-4,7-8,11-12,16,22-23H,5-6,9-10,13-15,17-18H2,1H3/t22?,23-,25?/m0/s1. The van der Waals surface area contributed by atoms with Crippen LogP contribution in [-0.4, -0.2) is 46.4 Å². The van der Waals surface area contributed by atoms with Gasteiger partial charge < -0.3 is 9.26 Å². The Morgan fingerprint density at radius 3 is 2.97 bits per heavy atom. The van der Waals surface area contributed by atoms with E-state index in [2.05, 4.69) is 63.6 Å². The molecule has 0 amide bonds. The third-order valence-electron chi connectivity index (χ3n) is 6.70. The molecule has 3 atom stereocenters. The van der Waals surface area contributed by atoms with E-state index in [0.29, 0.717) is 12.0 Å². The maximum Gasteiger partial charge on any atom is 0.226 e. The number of fused-ring (bicyclic) bond motifs is 1. The van der Waals surface area contributed by atoms with Gasteiger partial charge in [0.05, 0.1) is 12.2 Å². The first-order valence-electron chi connectivity index (χ1n) is 11.3. The van der Waals surface area contributed by atoms with Crippen LogP contribution in [0.4, 0.5) is 0 Å². The number of benzene rings is 1. The summed E-state index contributed by atoms with van der Waals surface area (Å²) in [4.78, 5) is 6.89. The summed E-state index contributed by atoms with van der Waals surface area (Å²) >= 11 is 0. The Kier molecular flexibility index (Phi) is 5.57. The van der Waals surface area contributed by atoms with Crippen LogP contribution >= 0.6 is 0 Å². The SMILES string of the molecule is Cc1noc(CCCN2CCC[C@H]2COC23C=CC(Cc4ccccc4)=CC2C3)n1. The molecule has 1 saturated carbocycles. The summed E-state index contributed by atoms with van der Waals surface area (Å²) in [7, 11) is 0. The summed E-state index contributed by atoms with van der Waals surface area (Å²) in [5.41, 5.74) is 2.76. The van der Waals surface area contributed by atoms with Gasteiger partial charge in [0.25, 0.3) is 0 Å². The van der Waals surface area contributed by atoms with E-state index in [1.54, 1.807) is 0 Å². The zero-order valence-corrected chi connectivity index (χ0v) is 17.8. The van der Waals surface area contributed by atoms with Crippen LogP contribution in [0.2, 0.25) is 0 Å². The molecule has 2 unspecified atom stereocenters. The van der Waals surface area contributed by atoms with Crippen molar-refractivity contribution in [2.75, 3.05) is 19.7 Å². The van der Waals surface area contributed by atoms with Gasteiger partial charge in [0.15, 0.2) is 5.82 Å². The van der Waals surface area contributed by atoms with E-state index in [9.17, 15) is 0 Å². The Hall–Kier alpha value is -2.24. The van der Waals surface area contributed by atoms with Crippen molar-refractivity contribution in [1.29, 1.82) is 0 Å². The Balaban J connectivity index is 1.08. The molecule has 5 heteroatoms. The summed E-state index contributed by atoms with van der Waals surface area (Å²) in [6.45, 7) is 4.94. The summed E-state index contributed by atoms with van der Waals surface area (Å²) in [5.74, 6) is 2.03. The van der Waals surface area contributed by atoms with Gasteiger partial charge in [-0.15, -0.1) is 0 Å². The lowest BCUT2D eigenvalue weighted by molar-refractivity contribution is 0.0214. The van der Waals surface area contributed by atoms with E-state index in [1.807, 2.05) is 6.92 Å². The summed E-state index contributed by atoms with van der Waals surface area (Å²) < 4.78 is 11.7. The van der Waals surface area contributed by atoms with E-state index in [1.165, 1.54) is 30.5 Å². The van der Waals surface area contributed by atoms with Crippen LogP contribution in [0, 0.1) is 12.8 Å². The topological polar surface area (TPSA) is 51.4 Å². The number of hydrogen-bond donors (Lipinski definition) is 0. The molecule has 0 N–H and O–H groups in total. The van der Waals surface area contributed by atoms with Gasteiger partial charge in [0.1, 0.15) is 0 Å². The van der Waals surface area contributed by atoms with Crippen LogP contribution < -0.4 is 0 Å². The molecular formula is C25H31N3O2. The maximum atomic E-state index is 6.51. The minimum atomic E-state index is -0.0320. The number of aromatic nitrogens is 2. The molecular weight excluding hydrogens is 374 g/mol. The van der Waals surface area contributed by atoms with Gasteiger partial charge in [0.2, 0.25) is 5.89 Å². The number of nitrogens with zero attached hydrogens (tertiary/aromatic N) is 3. The van der Waals surface area contributed by atoms with Crippen molar-refractivity contribution < 1.29 is 9.26 Å². The van der Waals surface area contributed by atoms with Crippen molar-refractivity contribution in [1.82, 2.24) is 15.0 Å². The predicted molar refractivity (Wildman–Crippen MR) is 116 cm³/mol. The van der Waals surface area contributed by atoms with Crippen LogP contribution in [-0.2, 0) is 17.6 Å². The number of likely N-dealkylation sites (tertiary alicyclic amines) is 1. The molecule has 1 aromatic heterocycles. The normalized spacial score (nSPS) is 27.8. The van der Waals surface area contributed by atoms with Crippen molar-refractivity contribution in [3.05, 3.63) is 71.4 Å². The highest BCUT2D eigenvalue weighted by molar-refractivity contribution is 5.40. The van der Waals surface area contributed by atoms with E-state index in [4.69, 9.17) is 9.26 Å². The average molecular weight is 406 g/mol. The second-order valence-corrected chi connectivity index (χ2v) is 8.98. The third kappa shape index (κ3) is 4.42. The van der Waals surface area contributed by atoms with Gasteiger partial charge >= 0.3 is 0 Å². The zero-order chi connectivity index (χ0) is 20.4. The quantitative estimate of drug-likeness (QED) is 0.623. The molecule has 2 fully saturated rings. The Morgan fingerprint density at radius 2 is 2.17 bits per heavy atom. The average Bonchev–Trinajstić information content (AvgIpc) is 3.04. The van der Waals surface area contributed by atoms with E-state index in [-0.39, 0.29) is 5.60 Å². The van der Waals surface area contributed by atoms with Crippen molar-refractivity contribution in [3.8, 4) is 0 Å². The Labute approximate surface area is 178 Å². The summed E-state index contributed by atoms with van der Waals surface area (Å²) in [6.07, 6.45) is 13.6. The predicted octanol–water partition coefficient (Wildman–Crippen LogP) is 4.29. The third-order valence-corrected chi connectivity index (χ3v) is 6.70. The second-order valence-electron chi connectivity index (χ2n) is 8.98. The number of rotatable bonds is 9. The van der Waals surface area contributed by atoms with Crippen molar-refractivity contribution in [2.24, 2.45) is 5.92 Å². The van der Waals surface area contributed by atoms with E-state index < -0.39 is 0 Å². The summed E-state index contributed by atoms with van der Waals surface area (Å²) in [5, 5.41) is 3.87. The minimum Gasteiger partial charge on any atom is -0.369 e. The van der Waals surface area contributed by atoms with E-state index >= 15 is 0 Å². The van der Waals surface area contributed by atoms with Crippen LogP contribution in [0.25, 0.3) is 0 Å². The first-order chi connectivity index (χ1) is 14.7. The molecule has 3 aliphatic rings. The highest BCUT2D eigenvalue weighted by Crippen LogP contribution is 2.52. The summed E-state index contributed by atoms with van der Waals surface area (Å²) in [6, 6.07) is 11.2. The highest BCUT2D eigenvalue weighted by atomic mass is 16.5.